The molecule has 0 unspecified atom stereocenters. The van der Waals surface area contributed by atoms with Gasteiger partial charge in [-0.2, -0.15) is 0 Å². The molecular weight excluding hydrogens is 431 g/mol. The lowest BCUT2D eigenvalue weighted by Crippen LogP contribution is -2.54. The van der Waals surface area contributed by atoms with Crippen molar-refractivity contribution in [3.05, 3.63) is 105 Å². The number of barbiturate groups is 1. The zero-order chi connectivity index (χ0) is 22.8. The van der Waals surface area contributed by atoms with Crippen molar-refractivity contribution < 1.29 is 18.8 Å². The van der Waals surface area contributed by atoms with Gasteiger partial charge in [-0.3, -0.25) is 14.9 Å². The molecule has 0 atom stereocenters. The van der Waals surface area contributed by atoms with Gasteiger partial charge in [0.1, 0.15) is 11.4 Å². The first-order valence-corrected chi connectivity index (χ1v) is 10.2. The van der Waals surface area contributed by atoms with Crippen LogP contribution in [-0.2, 0) is 16.0 Å². The molecule has 0 radical (unpaired) electrons. The molecule has 0 saturated carbocycles. The van der Waals surface area contributed by atoms with Crippen LogP contribution in [0.4, 0.5) is 14.9 Å². The molecule has 4 rings (SSSR count). The minimum absolute atomic E-state index is 0.200. The average molecular weight is 449 g/mol. The number of rotatable bonds is 4. The molecule has 3 aromatic rings. The number of urea groups is 1. The summed E-state index contributed by atoms with van der Waals surface area (Å²) in [5, 5.41) is 2.63. The molecule has 1 N–H and O–H groups in total. The zero-order valence-electron chi connectivity index (χ0n) is 17.1. The first-order chi connectivity index (χ1) is 15.3. The first kappa shape index (κ1) is 21.5. The van der Waals surface area contributed by atoms with Gasteiger partial charge in [0.15, 0.2) is 0 Å². The van der Waals surface area contributed by atoms with Gasteiger partial charge < -0.3 is 0 Å². The normalized spacial score (nSPS) is 15.3. The number of anilines is 1. The molecule has 0 spiro atoms. The summed E-state index contributed by atoms with van der Waals surface area (Å²) in [6.07, 6.45) is 1.78. The standard InChI is InChI=1S/C25H18ClFN2O3/c1-15-4-2-7-21(10-15)29-24(31)22(23(30)28-25(29)32)14-18-13-19(26)9-8-17(18)11-16-5-3-6-20(27)12-16/h2-10,12-14H,11H2,1H3,(H,28,30,32)/b22-14+. The number of carbonyl (C=O) groups is 3. The molecular formula is C25H18ClFN2O3. The number of aryl methyl sites for hydroxylation is 1. The minimum atomic E-state index is -0.811. The highest BCUT2D eigenvalue weighted by atomic mass is 35.5. The zero-order valence-corrected chi connectivity index (χ0v) is 17.8. The summed E-state index contributed by atoms with van der Waals surface area (Å²) >= 11 is 6.16. The van der Waals surface area contributed by atoms with Crippen LogP contribution in [0.3, 0.4) is 0 Å². The van der Waals surface area contributed by atoms with Crippen molar-refractivity contribution in [2.75, 3.05) is 4.90 Å². The van der Waals surface area contributed by atoms with Crippen molar-refractivity contribution in [3.8, 4) is 0 Å². The Balaban J connectivity index is 1.75. The third-order valence-corrected chi connectivity index (χ3v) is 5.29. The van der Waals surface area contributed by atoms with Crippen molar-refractivity contribution in [1.29, 1.82) is 0 Å². The predicted octanol–water partition coefficient (Wildman–Crippen LogP) is 5.04. The number of benzene rings is 3. The fourth-order valence-electron chi connectivity index (χ4n) is 3.54. The lowest BCUT2D eigenvalue weighted by atomic mass is 9.97. The highest BCUT2D eigenvalue weighted by molar-refractivity contribution is 6.39. The van der Waals surface area contributed by atoms with Gasteiger partial charge >= 0.3 is 6.03 Å². The molecule has 3 aromatic carbocycles. The highest BCUT2D eigenvalue weighted by Crippen LogP contribution is 2.26. The molecule has 1 fully saturated rings. The number of carbonyl (C=O) groups excluding carboxylic acids is 3. The Hall–Kier alpha value is -3.77. The van der Waals surface area contributed by atoms with Crippen LogP contribution in [0, 0.1) is 12.7 Å². The Kier molecular flexibility index (Phi) is 5.88. The Bertz CT molecular complexity index is 1290. The van der Waals surface area contributed by atoms with Gasteiger partial charge in [0.05, 0.1) is 5.69 Å². The second-order valence-corrected chi connectivity index (χ2v) is 7.88. The molecule has 0 aliphatic carbocycles. The van der Waals surface area contributed by atoms with Gasteiger partial charge in [-0.25, -0.2) is 14.1 Å². The summed E-state index contributed by atoms with van der Waals surface area (Å²) in [4.78, 5) is 39.0. The van der Waals surface area contributed by atoms with Crippen LogP contribution >= 0.6 is 11.6 Å². The van der Waals surface area contributed by atoms with Gasteiger partial charge in [0, 0.05) is 5.02 Å². The maximum atomic E-state index is 13.6. The minimum Gasteiger partial charge on any atom is -0.273 e. The van der Waals surface area contributed by atoms with E-state index in [-0.39, 0.29) is 11.4 Å². The van der Waals surface area contributed by atoms with E-state index >= 15 is 0 Å². The summed E-state index contributed by atoms with van der Waals surface area (Å²) in [6.45, 7) is 1.84. The maximum absolute atomic E-state index is 13.6. The van der Waals surface area contributed by atoms with Gasteiger partial charge in [-0.15, -0.1) is 0 Å². The van der Waals surface area contributed by atoms with Crippen molar-refractivity contribution in [2.45, 2.75) is 13.3 Å². The van der Waals surface area contributed by atoms with Crippen molar-refractivity contribution >= 4 is 41.2 Å². The largest absolute Gasteiger partial charge is 0.335 e. The third kappa shape index (κ3) is 4.45. The SMILES string of the molecule is Cc1cccc(N2C(=O)NC(=O)/C(=C\c3cc(Cl)ccc3Cc3cccc(F)c3)C2=O)c1. The number of hydrogen-bond donors (Lipinski definition) is 1. The second-order valence-electron chi connectivity index (χ2n) is 7.45. The van der Waals surface area contributed by atoms with E-state index in [1.54, 1.807) is 48.5 Å². The van der Waals surface area contributed by atoms with Crippen LogP contribution < -0.4 is 10.2 Å². The molecule has 160 valence electrons. The number of hydrogen-bond acceptors (Lipinski definition) is 3. The number of amides is 4. The van der Waals surface area contributed by atoms with Crippen LogP contribution in [0.25, 0.3) is 6.08 Å². The van der Waals surface area contributed by atoms with E-state index in [2.05, 4.69) is 5.32 Å². The first-order valence-electron chi connectivity index (χ1n) is 9.83. The van der Waals surface area contributed by atoms with E-state index in [9.17, 15) is 18.8 Å². The Morgan fingerprint density at radius 3 is 2.53 bits per heavy atom. The number of halogens is 2. The number of imide groups is 2. The molecule has 1 aliphatic rings. The Morgan fingerprint density at radius 2 is 1.78 bits per heavy atom. The fraction of sp³-hybridized carbons (Fsp3) is 0.0800. The summed E-state index contributed by atoms with van der Waals surface area (Å²) in [5.74, 6) is -1.88. The second kappa shape index (κ2) is 8.77. The Morgan fingerprint density at radius 1 is 1.00 bits per heavy atom. The van der Waals surface area contributed by atoms with Gasteiger partial charge in [0.25, 0.3) is 11.8 Å². The van der Waals surface area contributed by atoms with Crippen molar-refractivity contribution in [1.82, 2.24) is 5.32 Å². The van der Waals surface area contributed by atoms with E-state index in [1.165, 1.54) is 18.2 Å². The highest BCUT2D eigenvalue weighted by Gasteiger charge is 2.36. The lowest BCUT2D eigenvalue weighted by Gasteiger charge is -2.26. The maximum Gasteiger partial charge on any atom is 0.335 e. The summed E-state index contributed by atoms with van der Waals surface area (Å²) in [5.41, 5.74) is 3.01. The van der Waals surface area contributed by atoms with Crippen molar-refractivity contribution in [2.24, 2.45) is 0 Å². The van der Waals surface area contributed by atoms with Crippen LogP contribution in [0.2, 0.25) is 5.02 Å². The smallest absolute Gasteiger partial charge is 0.273 e. The molecule has 4 amide bonds. The summed E-state index contributed by atoms with van der Waals surface area (Å²) in [7, 11) is 0. The molecule has 0 bridgehead atoms. The van der Waals surface area contributed by atoms with Crippen LogP contribution in [0.15, 0.2) is 72.3 Å². The molecule has 1 saturated heterocycles. The molecule has 0 aromatic heterocycles. The third-order valence-electron chi connectivity index (χ3n) is 5.05. The monoisotopic (exact) mass is 448 g/mol. The van der Waals surface area contributed by atoms with E-state index in [4.69, 9.17) is 11.6 Å². The van der Waals surface area contributed by atoms with E-state index in [0.29, 0.717) is 22.7 Å². The van der Waals surface area contributed by atoms with E-state index in [1.807, 2.05) is 13.0 Å². The molecule has 5 nitrogen and oxygen atoms in total. The van der Waals surface area contributed by atoms with E-state index in [0.717, 1.165) is 21.6 Å². The molecule has 32 heavy (non-hydrogen) atoms. The quantitative estimate of drug-likeness (QED) is 0.449. The summed E-state index contributed by atoms with van der Waals surface area (Å²) < 4.78 is 13.6. The van der Waals surface area contributed by atoms with Gasteiger partial charge in [0.2, 0.25) is 0 Å². The Labute approximate surface area is 189 Å². The fourth-order valence-corrected chi connectivity index (χ4v) is 3.72. The predicted molar refractivity (Wildman–Crippen MR) is 121 cm³/mol. The van der Waals surface area contributed by atoms with Crippen LogP contribution in [-0.4, -0.2) is 17.8 Å². The lowest BCUT2D eigenvalue weighted by molar-refractivity contribution is -0.122. The van der Waals surface area contributed by atoms with Crippen molar-refractivity contribution in [3.63, 3.8) is 0 Å². The molecule has 1 aliphatic heterocycles. The van der Waals surface area contributed by atoms with Gasteiger partial charge in [-0.05, 0) is 78.1 Å². The topological polar surface area (TPSA) is 66.5 Å². The molecule has 1 heterocycles. The number of nitrogens with one attached hydrogen (secondary N) is 1. The van der Waals surface area contributed by atoms with E-state index < -0.39 is 17.8 Å². The number of nitrogens with zero attached hydrogens (tertiary/aromatic N) is 1. The summed E-state index contributed by atoms with van der Waals surface area (Å²) in [6, 6.07) is 17.3. The van der Waals surface area contributed by atoms with Crippen LogP contribution in [0.1, 0.15) is 22.3 Å². The molecule has 7 heteroatoms. The van der Waals surface area contributed by atoms with Crippen LogP contribution in [0.5, 0.6) is 0 Å². The average Bonchev–Trinajstić information content (AvgIpc) is 2.73. The van der Waals surface area contributed by atoms with Gasteiger partial charge in [-0.1, -0.05) is 41.9 Å².